The second kappa shape index (κ2) is 8.79. The van der Waals surface area contributed by atoms with Crippen LogP contribution >= 0.6 is 7.82 Å². The predicted octanol–water partition coefficient (Wildman–Crippen LogP) is 2.30. The van der Waals surface area contributed by atoms with Gasteiger partial charge in [0.15, 0.2) is 12.5 Å². The lowest BCUT2D eigenvalue weighted by Gasteiger charge is -2.14. The Hall–Kier alpha value is -3.36. The molecule has 0 saturated heterocycles. The number of nitrogen functional groups attached to an aromatic ring is 1. The van der Waals surface area contributed by atoms with E-state index in [1.165, 1.54) is 10.8 Å². The monoisotopic (exact) mass is 438 g/mol. The molecule has 31 heavy (non-hydrogen) atoms. The van der Waals surface area contributed by atoms with Crippen LogP contribution in [0.25, 0.3) is 22.5 Å². The number of hydrogen-bond donors (Lipinski definition) is 2. The molecule has 158 valence electrons. The molecule has 10 heteroatoms. The van der Waals surface area contributed by atoms with Crippen molar-refractivity contribution in [2.24, 2.45) is 0 Å². The zero-order valence-electron chi connectivity index (χ0n) is 16.3. The Morgan fingerprint density at radius 2 is 1.84 bits per heavy atom. The molecule has 0 aliphatic carbocycles. The molecule has 0 amide bonds. The van der Waals surface area contributed by atoms with Gasteiger partial charge < -0.3 is 14.3 Å². The SMILES string of the molecule is Nc1c(-c2cc(Cc3ccc(-c4ccncc4)cc3)no2)ccc[n+]1COP(=O)([O-])O. The first-order valence-electron chi connectivity index (χ1n) is 9.30. The van der Waals surface area contributed by atoms with E-state index in [0.717, 1.165) is 22.4 Å². The molecule has 3 aromatic heterocycles. The van der Waals surface area contributed by atoms with Gasteiger partial charge in [-0.1, -0.05) is 29.4 Å². The van der Waals surface area contributed by atoms with Crippen molar-refractivity contribution in [2.75, 3.05) is 5.73 Å². The lowest BCUT2D eigenvalue weighted by molar-refractivity contribution is -0.712. The molecule has 0 bridgehead atoms. The quantitative estimate of drug-likeness (QED) is 0.331. The minimum atomic E-state index is -4.86. The van der Waals surface area contributed by atoms with Gasteiger partial charge in [-0.2, -0.15) is 0 Å². The second-order valence-corrected chi connectivity index (χ2v) is 7.99. The van der Waals surface area contributed by atoms with Crippen LogP contribution in [0.15, 0.2) is 77.7 Å². The van der Waals surface area contributed by atoms with Gasteiger partial charge in [0, 0.05) is 24.9 Å². The molecule has 0 fully saturated rings. The molecule has 1 atom stereocenters. The number of nitrogens with two attached hydrogens (primary N) is 1. The summed E-state index contributed by atoms with van der Waals surface area (Å²) in [6, 6.07) is 17.2. The first-order valence-corrected chi connectivity index (χ1v) is 10.8. The van der Waals surface area contributed by atoms with Gasteiger partial charge in [0.2, 0.25) is 0 Å². The molecule has 9 nitrogen and oxygen atoms in total. The molecule has 3 N–H and O–H groups in total. The Bertz CT molecular complexity index is 1220. The van der Waals surface area contributed by atoms with Crippen LogP contribution in [0.3, 0.4) is 0 Å². The Morgan fingerprint density at radius 1 is 1.13 bits per heavy atom. The first kappa shape index (κ1) is 20.9. The summed E-state index contributed by atoms with van der Waals surface area (Å²) in [5.41, 5.74) is 10.6. The van der Waals surface area contributed by atoms with Crippen LogP contribution in [0, 0.1) is 0 Å². The fourth-order valence-electron chi connectivity index (χ4n) is 3.11. The van der Waals surface area contributed by atoms with E-state index in [-0.39, 0.29) is 5.82 Å². The number of phosphoric ester groups is 1. The molecule has 0 saturated carbocycles. The third-order valence-electron chi connectivity index (χ3n) is 4.65. The number of anilines is 1. The van der Waals surface area contributed by atoms with Gasteiger partial charge >= 0.3 is 0 Å². The van der Waals surface area contributed by atoms with Crippen LogP contribution in [0.5, 0.6) is 0 Å². The van der Waals surface area contributed by atoms with Gasteiger partial charge in [-0.25, -0.2) is 4.57 Å². The predicted molar refractivity (Wildman–Crippen MR) is 110 cm³/mol. The fourth-order valence-corrected chi connectivity index (χ4v) is 3.38. The molecule has 4 rings (SSSR count). The van der Waals surface area contributed by atoms with E-state index in [9.17, 15) is 9.46 Å². The Morgan fingerprint density at radius 3 is 2.55 bits per heavy atom. The van der Waals surface area contributed by atoms with E-state index < -0.39 is 14.6 Å². The minimum Gasteiger partial charge on any atom is -0.756 e. The summed E-state index contributed by atoms with van der Waals surface area (Å²) in [5, 5.41) is 4.11. The highest BCUT2D eigenvalue weighted by molar-refractivity contribution is 7.44. The number of aromatic nitrogens is 3. The maximum Gasteiger partial charge on any atom is 0.285 e. The van der Waals surface area contributed by atoms with Crippen molar-refractivity contribution in [1.82, 2.24) is 10.1 Å². The average Bonchev–Trinajstić information content (AvgIpc) is 3.22. The molecule has 3 heterocycles. The summed E-state index contributed by atoms with van der Waals surface area (Å²) < 4.78 is 22.0. The van der Waals surface area contributed by atoms with Crippen LogP contribution in [0.4, 0.5) is 5.82 Å². The van der Waals surface area contributed by atoms with Crippen molar-refractivity contribution < 1.29 is 28.0 Å². The average molecular weight is 438 g/mol. The number of phosphoric acid groups is 1. The lowest BCUT2D eigenvalue weighted by Crippen LogP contribution is -2.38. The summed E-state index contributed by atoms with van der Waals surface area (Å²) in [6.45, 7) is -0.457. The number of hydrogen-bond acceptors (Lipinski definition) is 7. The topological polar surface area (TPSA) is 138 Å². The van der Waals surface area contributed by atoms with Gasteiger partial charge in [-0.05, 0) is 41.0 Å². The highest BCUT2D eigenvalue weighted by atomic mass is 31.2. The number of benzene rings is 1. The Balaban J connectivity index is 1.49. The third-order valence-corrected chi connectivity index (χ3v) is 5.09. The number of pyridine rings is 2. The lowest BCUT2D eigenvalue weighted by atomic mass is 10.0. The van der Waals surface area contributed by atoms with E-state index in [1.54, 1.807) is 30.6 Å². The Labute approximate surface area is 178 Å². The molecule has 1 unspecified atom stereocenters. The highest BCUT2D eigenvalue weighted by Gasteiger charge is 2.18. The summed E-state index contributed by atoms with van der Waals surface area (Å²) in [4.78, 5) is 23.6. The zero-order chi connectivity index (χ0) is 21.8. The van der Waals surface area contributed by atoms with Crippen LogP contribution < -0.4 is 15.2 Å². The second-order valence-electron chi connectivity index (χ2n) is 6.80. The van der Waals surface area contributed by atoms with Crippen LogP contribution in [-0.4, -0.2) is 15.0 Å². The van der Waals surface area contributed by atoms with Gasteiger partial charge in [0.25, 0.3) is 13.6 Å². The van der Waals surface area contributed by atoms with Crippen LogP contribution in [-0.2, 0) is 22.2 Å². The van der Waals surface area contributed by atoms with Crippen molar-refractivity contribution >= 4 is 13.6 Å². The van der Waals surface area contributed by atoms with Gasteiger partial charge in [-0.3, -0.25) is 19.8 Å². The molecule has 1 aromatic carbocycles. The maximum absolute atomic E-state index is 10.8. The van der Waals surface area contributed by atoms with Crippen LogP contribution in [0.2, 0.25) is 0 Å². The van der Waals surface area contributed by atoms with E-state index >= 15 is 0 Å². The third kappa shape index (κ3) is 5.22. The van der Waals surface area contributed by atoms with E-state index in [0.29, 0.717) is 17.7 Å². The zero-order valence-corrected chi connectivity index (χ0v) is 17.2. The first-order chi connectivity index (χ1) is 14.9. The van der Waals surface area contributed by atoms with E-state index in [1.807, 2.05) is 36.4 Å². The number of rotatable bonds is 7. The summed E-state index contributed by atoms with van der Waals surface area (Å²) in [7, 11) is -4.86. The number of nitrogens with zero attached hydrogens (tertiary/aromatic N) is 3. The summed E-state index contributed by atoms with van der Waals surface area (Å²) in [6.07, 6.45) is 5.61. The molecule has 0 aliphatic heterocycles. The minimum absolute atomic E-state index is 0.209. The maximum atomic E-state index is 10.8. The fraction of sp³-hybridized carbons (Fsp3) is 0.0952. The molecule has 0 spiro atoms. The van der Waals surface area contributed by atoms with E-state index in [2.05, 4.69) is 14.7 Å². The summed E-state index contributed by atoms with van der Waals surface area (Å²) in [5.74, 6) is 0.643. The smallest absolute Gasteiger partial charge is 0.285 e. The van der Waals surface area contributed by atoms with Crippen LogP contribution in [0.1, 0.15) is 11.3 Å². The van der Waals surface area contributed by atoms with E-state index in [4.69, 9.17) is 15.2 Å². The largest absolute Gasteiger partial charge is 0.756 e. The van der Waals surface area contributed by atoms with Gasteiger partial charge in [-0.15, -0.1) is 0 Å². The molecular weight excluding hydrogens is 419 g/mol. The standard InChI is InChI=1S/C21H19N4O5P/c22-21-19(2-1-11-25(21)14-29-31(26,27)28)20-13-18(24-30-20)12-15-3-5-16(6-4-15)17-7-9-23-10-8-17/h1-11,13,22H,12,14H2,(H2,26,27,28). The molecule has 4 aromatic rings. The van der Waals surface area contributed by atoms with Crippen molar-refractivity contribution in [1.29, 1.82) is 0 Å². The molecule has 0 radical (unpaired) electrons. The molecule has 0 aliphatic rings. The van der Waals surface area contributed by atoms with Crippen molar-refractivity contribution in [2.45, 2.75) is 13.2 Å². The normalized spacial score (nSPS) is 13.1. The van der Waals surface area contributed by atoms with Crippen molar-refractivity contribution in [3.8, 4) is 22.5 Å². The molecular formula is C21H19N4O5P. The Kier molecular flexibility index (Phi) is 5.92. The summed E-state index contributed by atoms with van der Waals surface area (Å²) >= 11 is 0. The van der Waals surface area contributed by atoms with Crippen molar-refractivity contribution in [3.05, 3.63) is 84.4 Å². The highest BCUT2D eigenvalue weighted by Crippen LogP contribution is 2.30. The van der Waals surface area contributed by atoms with Gasteiger partial charge in [0.05, 0.1) is 11.9 Å². The van der Waals surface area contributed by atoms with Crippen molar-refractivity contribution in [3.63, 3.8) is 0 Å². The van der Waals surface area contributed by atoms with Gasteiger partial charge in [0.1, 0.15) is 5.56 Å².